The van der Waals surface area contributed by atoms with Gasteiger partial charge in [0.15, 0.2) is 11.4 Å². The molecule has 0 atom stereocenters. The van der Waals surface area contributed by atoms with Gasteiger partial charge in [-0.2, -0.15) is 0 Å². The minimum Gasteiger partial charge on any atom is -0.355 e. The van der Waals surface area contributed by atoms with E-state index < -0.39 is 0 Å². The van der Waals surface area contributed by atoms with Crippen LogP contribution in [-0.4, -0.2) is 10.9 Å². The highest BCUT2D eigenvalue weighted by Gasteiger charge is 2.08. The Morgan fingerprint density at radius 3 is 3.00 bits per heavy atom. The first-order valence-electron chi connectivity index (χ1n) is 3.73. The van der Waals surface area contributed by atoms with Gasteiger partial charge in [-0.25, -0.2) is 0 Å². The quantitative estimate of drug-likeness (QED) is 0.657. The summed E-state index contributed by atoms with van der Waals surface area (Å²) in [5.41, 5.74) is 1.09. The Kier molecular flexibility index (Phi) is 1.81. The lowest BCUT2D eigenvalue weighted by molar-refractivity contribution is 0.101. The second-order valence-corrected chi connectivity index (χ2v) is 3.17. The largest absolute Gasteiger partial charge is 0.355 e. The van der Waals surface area contributed by atoms with Gasteiger partial charge >= 0.3 is 0 Å². The van der Waals surface area contributed by atoms with Gasteiger partial charge in [0.1, 0.15) is 0 Å². The molecule has 1 aromatic carbocycles. The Balaban J connectivity index is 2.77. The Hall–Kier alpha value is -1.35. The van der Waals surface area contributed by atoms with E-state index in [1.165, 1.54) is 13.1 Å². The summed E-state index contributed by atoms with van der Waals surface area (Å²) in [6.07, 6.45) is 1.54. The van der Waals surface area contributed by atoms with Crippen molar-refractivity contribution in [2.45, 2.75) is 6.92 Å². The molecule has 0 aliphatic heterocycles. The molecule has 3 nitrogen and oxygen atoms in total. The zero-order chi connectivity index (χ0) is 9.42. The van der Waals surface area contributed by atoms with E-state index in [2.05, 4.69) is 5.16 Å². The van der Waals surface area contributed by atoms with E-state index >= 15 is 0 Å². The van der Waals surface area contributed by atoms with E-state index in [0.717, 1.165) is 5.39 Å². The maximum atomic E-state index is 11.1. The van der Waals surface area contributed by atoms with E-state index in [9.17, 15) is 4.79 Å². The Morgan fingerprint density at radius 2 is 2.31 bits per heavy atom. The van der Waals surface area contributed by atoms with Gasteiger partial charge in [0.25, 0.3) is 0 Å². The summed E-state index contributed by atoms with van der Waals surface area (Å²) in [5.74, 6) is -0.0231. The van der Waals surface area contributed by atoms with Crippen LogP contribution < -0.4 is 0 Å². The molecule has 0 N–H and O–H groups in total. The standard InChI is InChI=1S/C9H6ClNO2/c1-5(12)6-2-7-4-11-13-9(7)8(10)3-6/h2-4H,1H3. The third-order valence-corrected chi connectivity index (χ3v) is 2.10. The second-order valence-electron chi connectivity index (χ2n) is 2.76. The van der Waals surface area contributed by atoms with Crippen LogP contribution in [0.15, 0.2) is 22.9 Å². The molecular weight excluding hydrogens is 190 g/mol. The number of hydrogen-bond acceptors (Lipinski definition) is 3. The summed E-state index contributed by atoms with van der Waals surface area (Å²) in [4.78, 5) is 11.1. The van der Waals surface area contributed by atoms with E-state index in [1.54, 1.807) is 12.1 Å². The molecule has 0 unspecified atom stereocenters. The van der Waals surface area contributed by atoms with Crippen molar-refractivity contribution < 1.29 is 9.32 Å². The van der Waals surface area contributed by atoms with Gasteiger partial charge in [-0.1, -0.05) is 16.8 Å². The molecule has 1 heterocycles. The number of nitrogens with zero attached hydrogens (tertiary/aromatic N) is 1. The molecular formula is C9H6ClNO2. The van der Waals surface area contributed by atoms with Crippen molar-refractivity contribution in [3.8, 4) is 0 Å². The number of rotatable bonds is 1. The van der Waals surface area contributed by atoms with Crippen LogP contribution in [0, 0.1) is 0 Å². The fourth-order valence-electron chi connectivity index (χ4n) is 1.15. The second kappa shape index (κ2) is 2.85. The van der Waals surface area contributed by atoms with Crippen LogP contribution in [0.4, 0.5) is 0 Å². The fourth-order valence-corrected chi connectivity index (χ4v) is 1.41. The van der Waals surface area contributed by atoms with Gasteiger partial charge in [-0.3, -0.25) is 4.79 Å². The minimum absolute atomic E-state index is 0.0231. The summed E-state index contributed by atoms with van der Waals surface area (Å²) < 4.78 is 4.89. The number of carbonyl (C=O) groups excluding carboxylic acids is 1. The average molecular weight is 196 g/mol. The zero-order valence-corrected chi connectivity index (χ0v) is 7.63. The maximum Gasteiger partial charge on any atom is 0.185 e. The normalized spacial score (nSPS) is 10.6. The van der Waals surface area contributed by atoms with Gasteiger partial charge in [-0.15, -0.1) is 0 Å². The first-order chi connectivity index (χ1) is 6.18. The minimum atomic E-state index is -0.0231. The molecule has 66 valence electrons. The van der Waals surface area contributed by atoms with Crippen LogP contribution >= 0.6 is 11.6 Å². The average Bonchev–Trinajstić information content (AvgIpc) is 2.51. The highest BCUT2D eigenvalue weighted by Crippen LogP contribution is 2.25. The molecule has 4 heteroatoms. The van der Waals surface area contributed by atoms with Crippen LogP contribution in [0.2, 0.25) is 5.02 Å². The van der Waals surface area contributed by atoms with Crippen molar-refractivity contribution in [2.24, 2.45) is 0 Å². The first-order valence-corrected chi connectivity index (χ1v) is 4.11. The number of hydrogen-bond donors (Lipinski definition) is 0. The Morgan fingerprint density at radius 1 is 1.54 bits per heavy atom. The highest BCUT2D eigenvalue weighted by atomic mass is 35.5. The molecule has 0 saturated heterocycles. The Bertz CT molecular complexity index is 475. The van der Waals surface area contributed by atoms with Gasteiger partial charge < -0.3 is 4.52 Å². The van der Waals surface area contributed by atoms with E-state index in [0.29, 0.717) is 16.2 Å². The number of Topliss-reactive ketones (excluding diaryl/α,β-unsaturated/α-hetero) is 1. The third kappa shape index (κ3) is 1.31. The van der Waals surface area contributed by atoms with E-state index in [1.807, 2.05) is 0 Å². The van der Waals surface area contributed by atoms with Crippen molar-refractivity contribution in [3.05, 3.63) is 28.9 Å². The number of halogens is 1. The molecule has 0 spiro atoms. The van der Waals surface area contributed by atoms with E-state index in [-0.39, 0.29) is 5.78 Å². The highest BCUT2D eigenvalue weighted by molar-refractivity contribution is 6.35. The van der Waals surface area contributed by atoms with Crippen LogP contribution in [0.5, 0.6) is 0 Å². The van der Waals surface area contributed by atoms with Crippen LogP contribution in [-0.2, 0) is 0 Å². The van der Waals surface area contributed by atoms with Crippen LogP contribution in [0.1, 0.15) is 17.3 Å². The van der Waals surface area contributed by atoms with Crippen molar-refractivity contribution in [2.75, 3.05) is 0 Å². The van der Waals surface area contributed by atoms with Crippen molar-refractivity contribution in [3.63, 3.8) is 0 Å². The topological polar surface area (TPSA) is 43.1 Å². The number of fused-ring (bicyclic) bond motifs is 1. The molecule has 0 radical (unpaired) electrons. The summed E-state index contributed by atoms with van der Waals surface area (Å²) in [7, 11) is 0. The maximum absolute atomic E-state index is 11.1. The predicted octanol–water partition coefficient (Wildman–Crippen LogP) is 2.68. The SMILES string of the molecule is CC(=O)c1cc(Cl)c2oncc2c1. The molecule has 2 aromatic rings. The van der Waals surface area contributed by atoms with Gasteiger partial charge in [0.2, 0.25) is 0 Å². The van der Waals surface area contributed by atoms with Crippen LogP contribution in [0.25, 0.3) is 11.0 Å². The van der Waals surface area contributed by atoms with Gasteiger partial charge in [0.05, 0.1) is 11.2 Å². The third-order valence-electron chi connectivity index (χ3n) is 1.81. The number of carbonyl (C=O) groups is 1. The molecule has 0 aliphatic carbocycles. The van der Waals surface area contributed by atoms with Gasteiger partial charge in [-0.05, 0) is 19.1 Å². The molecule has 1 aromatic heterocycles. The lowest BCUT2D eigenvalue weighted by Crippen LogP contribution is -1.90. The number of aromatic nitrogens is 1. The number of benzene rings is 1. The zero-order valence-electron chi connectivity index (χ0n) is 6.87. The molecule has 0 aliphatic rings. The molecule has 13 heavy (non-hydrogen) atoms. The lowest BCUT2D eigenvalue weighted by Gasteiger charge is -1.96. The fraction of sp³-hybridized carbons (Fsp3) is 0.111. The predicted molar refractivity (Wildman–Crippen MR) is 49.0 cm³/mol. The van der Waals surface area contributed by atoms with Crippen molar-refractivity contribution >= 4 is 28.4 Å². The molecule has 0 bridgehead atoms. The van der Waals surface area contributed by atoms with Crippen molar-refractivity contribution in [1.82, 2.24) is 5.16 Å². The molecule has 2 rings (SSSR count). The molecule has 0 amide bonds. The summed E-state index contributed by atoms with van der Waals surface area (Å²) in [6.45, 7) is 1.49. The van der Waals surface area contributed by atoms with Crippen LogP contribution in [0.3, 0.4) is 0 Å². The smallest absolute Gasteiger partial charge is 0.185 e. The monoisotopic (exact) mass is 195 g/mol. The van der Waals surface area contributed by atoms with Gasteiger partial charge in [0, 0.05) is 10.9 Å². The summed E-state index contributed by atoms with van der Waals surface area (Å²) in [5, 5.41) is 4.76. The summed E-state index contributed by atoms with van der Waals surface area (Å²) in [6, 6.07) is 3.29. The molecule has 0 saturated carbocycles. The molecule has 0 fully saturated rings. The van der Waals surface area contributed by atoms with Crippen molar-refractivity contribution in [1.29, 1.82) is 0 Å². The number of ketones is 1. The first kappa shape index (κ1) is 8.26. The van der Waals surface area contributed by atoms with E-state index in [4.69, 9.17) is 16.1 Å². The summed E-state index contributed by atoms with van der Waals surface area (Å²) >= 11 is 5.86. The lowest BCUT2D eigenvalue weighted by atomic mass is 10.1. The Labute approximate surface area is 79.3 Å².